The van der Waals surface area contributed by atoms with Crippen LogP contribution in [0.15, 0.2) is 30.3 Å². The number of carbonyl (C=O) groups excluding carboxylic acids is 3. The average Bonchev–Trinajstić information content (AvgIpc) is 3.10. The lowest BCUT2D eigenvalue weighted by molar-refractivity contribution is -0.116. The molecule has 0 radical (unpaired) electrons. The van der Waals surface area contributed by atoms with Crippen LogP contribution in [0.4, 0.5) is 5.69 Å². The van der Waals surface area contributed by atoms with E-state index >= 15 is 0 Å². The number of fused-ring (bicyclic) bond motifs is 1. The molecule has 0 saturated carbocycles. The van der Waals surface area contributed by atoms with Crippen molar-refractivity contribution in [2.24, 2.45) is 5.92 Å². The summed E-state index contributed by atoms with van der Waals surface area (Å²) in [5.74, 6) is -0.876. The first-order valence-corrected chi connectivity index (χ1v) is 9.54. The van der Waals surface area contributed by atoms with Crippen molar-refractivity contribution in [1.29, 1.82) is 0 Å². The minimum Gasteiger partial charge on any atom is -0.451 e. The number of nitrogens with one attached hydrogen (secondary N) is 1. The smallest absolute Gasteiger partial charge is 0.378 e. The van der Waals surface area contributed by atoms with Gasteiger partial charge in [-0.25, -0.2) is 14.3 Å². The molecule has 0 aliphatic rings. The van der Waals surface area contributed by atoms with Crippen LogP contribution in [0.3, 0.4) is 0 Å². The number of nitrogens with zero attached hydrogens (tertiary/aromatic N) is 4. The molecule has 9 heteroatoms. The second kappa shape index (κ2) is 8.81. The fourth-order valence-electron chi connectivity index (χ4n) is 2.85. The Morgan fingerprint density at radius 3 is 2.47 bits per heavy atom. The molecule has 9 nitrogen and oxygen atoms in total. The first-order valence-electron chi connectivity index (χ1n) is 9.54. The van der Waals surface area contributed by atoms with E-state index < -0.39 is 12.6 Å². The van der Waals surface area contributed by atoms with E-state index in [1.54, 1.807) is 24.3 Å². The van der Waals surface area contributed by atoms with Gasteiger partial charge in [-0.3, -0.25) is 9.59 Å². The number of Topliss-reactive ketones (excluding diaryl/α,β-unsaturated/α-hetero) is 1. The lowest BCUT2D eigenvalue weighted by atomic mass is 10.1. The van der Waals surface area contributed by atoms with Gasteiger partial charge in [-0.05, 0) is 50.1 Å². The number of esters is 1. The Hall–Kier alpha value is -3.62. The maximum atomic E-state index is 12.3. The van der Waals surface area contributed by atoms with Gasteiger partial charge in [0.1, 0.15) is 0 Å². The predicted octanol–water partition coefficient (Wildman–Crippen LogP) is 2.77. The van der Waals surface area contributed by atoms with E-state index in [9.17, 15) is 14.4 Å². The van der Waals surface area contributed by atoms with Crippen molar-refractivity contribution in [3.8, 4) is 0 Å². The highest BCUT2D eigenvalue weighted by molar-refractivity contribution is 5.99. The van der Waals surface area contributed by atoms with Gasteiger partial charge in [0.05, 0.1) is 0 Å². The number of anilines is 1. The zero-order valence-corrected chi connectivity index (χ0v) is 17.3. The number of aromatic nitrogens is 4. The Morgan fingerprint density at radius 1 is 1.10 bits per heavy atom. The molecule has 0 bridgehead atoms. The lowest BCUT2D eigenvalue weighted by Crippen LogP contribution is -2.16. The molecule has 0 aliphatic carbocycles. The van der Waals surface area contributed by atoms with Crippen LogP contribution in [0.1, 0.15) is 52.6 Å². The van der Waals surface area contributed by atoms with Crippen molar-refractivity contribution < 1.29 is 19.1 Å². The van der Waals surface area contributed by atoms with Crippen LogP contribution < -0.4 is 5.32 Å². The van der Waals surface area contributed by atoms with Gasteiger partial charge in [-0.1, -0.05) is 13.8 Å². The van der Waals surface area contributed by atoms with E-state index in [-0.39, 0.29) is 23.4 Å². The maximum Gasteiger partial charge on any atom is 0.378 e. The zero-order valence-electron chi connectivity index (χ0n) is 17.3. The molecule has 0 spiro atoms. The summed E-state index contributed by atoms with van der Waals surface area (Å²) in [4.78, 5) is 44.6. The molecular formula is C21H23N5O4. The van der Waals surface area contributed by atoms with Crippen LogP contribution in [-0.2, 0) is 9.53 Å². The summed E-state index contributed by atoms with van der Waals surface area (Å²) in [6.07, 6.45) is 0.419. The molecular weight excluding hydrogens is 386 g/mol. The first kappa shape index (κ1) is 21.1. The van der Waals surface area contributed by atoms with Gasteiger partial charge in [0.25, 0.3) is 11.6 Å². The second-order valence-electron chi connectivity index (χ2n) is 7.41. The molecule has 0 aliphatic heterocycles. The average molecular weight is 409 g/mol. The van der Waals surface area contributed by atoms with Crippen LogP contribution in [0, 0.1) is 19.8 Å². The highest BCUT2D eigenvalue weighted by atomic mass is 16.5. The van der Waals surface area contributed by atoms with Gasteiger partial charge >= 0.3 is 5.97 Å². The molecule has 30 heavy (non-hydrogen) atoms. The van der Waals surface area contributed by atoms with Gasteiger partial charge in [0, 0.05) is 29.1 Å². The number of carbonyl (C=O) groups is 3. The Bertz CT molecular complexity index is 1100. The third-order valence-corrected chi connectivity index (χ3v) is 4.22. The first-order chi connectivity index (χ1) is 14.2. The second-order valence-corrected chi connectivity index (χ2v) is 7.41. The molecule has 0 fully saturated rings. The summed E-state index contributed by atoms with van der Waals surface area (Å²) >= 11 is 0. The zero-order chi connectivity index (χ0) is 21.8. The number of rotatable bonds is 7. The summed E-state index contributed by atoms with van der Waals surface area (Å²) in [5, 5.41) is 6.85. The Kier molecular flexibility index (Phi) is 6.20. The maximum absolute atomic E-state index is 12.3. The van der Waals surface area contributed by atoms with E-state index in [4.69, 9.17) is 4.74 Å². The molecule has 2 heterocycles. The van der Waals surface area contributed by atoms with E-state index in [1.807, 2.05) is 33.8 Å². The minimum atomic E-state index is -0.802. The van der Waals surface area contributed by atoms with Crippen LogP contribution in [0.5, 0.6) is 0 Å². The van der Waals surface area contributed by atoms with Gasteiger partial charge in [0.15, 0.2) is 12.4 Å². The van der Waals surface area contributed by atoms with Crippen molar-refractivity contribution >= 4 is 29.1 Å². The molecule has 1 N–H and O–H groups in total. The third-order valence-electron chi connectivity index (χ3n) is 4.22. The molecule has 156 valence electrons. The Labute approximate surface area is 173 Å². The van der Waals surface area contributed by atoms with Crippen molar-refractivity contribution in [2.75, 3.05) is 11.9 Å². The summed E-state index contributed by atoms with van der Waals surface area (Å²) in [5.41, 5.74) is 2.49. The number of aryl methyl sites for hydroxylation is 2. The van der Waals surface area contributed by atoms with Gasteiger partial charge in [0.2, 0.25) is 5.91 Å². The van der Waals surface area contributed by atoms with Crippen LogP contribution >= 0.6 is 0 Å². The van der Waals surface area contributed by atoms with Crippen LogP contribution in [0.2, 0.25) is 0 Å². The number of ether oxygens (including phenoxy) is 1. The number of ketones is 1. The van der Waals surface area contributed by atoms with Gasteiger partial charge in [-0.15, -0.1) is 5.10 Å². The molecule has 0 atom stereocenters. The van der Waals surface area contributed by atoms with Crippen molar-refractivity contribution in [2.45, 2.75) is 34.1 Å². The quantitative estimate of drug-likeness (QED) is 0.471. The van der Waals surface area contributed by atoms with Gasteiger partial charge < -0.3 is 10.1 Å². The summed E-state index contributed by atoms with van der Waals surface area (Å²) in [7, 11) is 0. The van der Waals surface area contributed by atoms with Crippen molar-refractivity contribution in [1.82, 2.24) is 19.6 Å². The van der Waals surface area contributed by atoms with Crippen LogP contribution in [0.25, 0.3) is 5.78 Å². The number of hydrogen-bond donors (Lipinski definition) is 1. The van der Waals surface area contributed by atoms with Gasteiger partial charge in [-0.2, -0.15) is 4.98 Å². The number of amides is 1. The SMILES string of the molecule is Cc1cc(C)n2nc(C(=O)OCC(=O)c3ccc(NC(=O)CC(C)C)cc3)nc2n1. The topological polar surface area (TPSA) is 116 Å². The highest BCUT2D eigenvalue weighted by Gasteiger charge is 2.18. The number of hydrogen-bond acceptors (Lipinski definition) is 7. The molecule has 1 amide bonds. The number of benzene rings is 1. The van der Waals surface area contributed by atoms with E-state index in [1.165, 1.54) is 4.52 Å². The predicted molar refractivity (Wildman–Crippen MR) is 109 cm³/mol. The molecule has 1 aromatic carbocycles. The Morgan fingerprint density at radius 2 is 1.80 bits per heavy atom. The minimum absolute atomic E-state index is 0.0853. The third kappa shape index (κ3) is 5.05. The van der Waals surface area contributed by atoms with E-state index in [0.29, 0.717) is 23.4 Å². The van der Waals surface area contributed by atoms with Crippen LogP contribution in [-0.4, -0.2) is 43.8 Å². The normalized spacial score (nSPS) is 11.0. The largest absolute Gasteiger partial charge is 0.451 e. The summed E-state index contributed by atoms with van der Waals surface area (Å²) in [6, 6.07) is 8.22. The molecule has 0 unspecified atom stereocenters. The van der Waals surface area contributed by atoms with Crippen molar-refractivity contribution in [3.63, 3.8) is 0 Å². The standard InChI is InChI=1S/C21H23N5O4/c1-12(2)9-18(28)23-16-7-5-15(6-8-16)17(27)11-30-20(29)19-24-21-22-13(3)10-14(4)26(21)25-19/h5-8,10,12H,9,11H2,1-4H3,(H,23,28). The summed E-state index contributed by atoms with van der Waals surface area (Å²) in [6.45, 7) is 7.12. The van der Waals surface area contributed by atoms with Crippen molar-refractivity contribution in [3.05, 3.63) is 53.1 Å². The Balaban J connectivity index is 1.59. The molecule has 3 rings (SSSR count). The summed E-state index contributed by atoms with van der Waals surface area (Å²) < 4.78 is 6.50. The van der Waals surface area contributed by atoms with E-state index in [2.05, 4.69) is 20.4 Å². The molecule has 3 aromatic rings. The molecule has 0 saturated heterocycles. The lowest BCUT2D eigenvalue weighted by Gasteiger charge is -2.08. The molecule has 2 aromatic heterocycles. The fourth-order valence-corrected chi connectivity index (χ4v) is 2.85. The fraction of sp³-hybridized carbons (Fsp3) is 0.333. The monoisotopic (exact) mass is 409 g/mol. The highest BCUT2D eigenvalue weighted by Crippen LogP contribution is 2.12. The van der Waals surface area contributed by atoms with E-state index in [0.717, 1.165) is 11.4 Å².